The lowest BCUT2D eigenvalue weighted by atomic mass is 9.94. The Hall–Kier alpha value is -3.49. The fraction of sp³-hybridized carbons (Fsp3) is 0.304. The van der Waals surface area contributed by atoms with Crippen LogP contribution < -0.4 is 4.74 Å². The standard InChI is InChI=1S/C23H21F3N4O2/c1-32-15-5-4-13-9-20(28-17(13)10-15)22(31)30-8-2-3-14(12-30)18-11-19-16(27-18)6-7-21(29-19)23(24,25)26/h4-7,9-11,14,27-28H,2-3,8,12H2,1H3/t14-/m1/s1. The van der Waals surface area contributed by atoms with Crippen molar-refractivity contribution in [2.24, 2.45) is 0 Å². The van der Waals surface area contributed by atoms with Crippen molar-refractivity contribution in [1.82, 2.24) is 19.9 Å². The maximum atomic E-state index is 13.1. The Morgan fingerprint density at radius 1 is 1.12 bits per heavy atom. The number of nitrogens with zero attached hydrogens (tertiary/aromatic N) is 2. The predicted molar refractivity (Wildman–Crippen MR) is 114 cm³/mol. The highest BCUT2D eigenvalue weighted by Crippen LogP contribution is 2.32. The number of methoxy groups -OCH3 is 1. The van der Waals surface area contributed by atoms with Crippen molar-refractivity contribution >= 4 is 27.8 Å². The summed E-state index contributed by atoms with van der Waals surface area (Å²) < 4.78 is 44.1. The van der Waals surface area contributed by atoms with Crippen molar-refractivity contribution in [3.63, 3.8) is 0 Å². The van der Waals surface area contributed by atoms with Crippen LogP contribution >= 0.6 is 0 Å². The Kier molecular flexibility index (Phi) is 4.83. The molecule has 4 heterocycles. The number of halogens is 3. The Labute approximate surface area is 181 Å². The van der Waals surface area contributed by atoms with Gasteiger partial charge in [0.15, 0.2) is 0 Å². The number of pyridine rings is 1. The molecular formula is C23H21F3N4O2. The van der Waals surface area contributed by atoms with E-state index >= 15 is 0 Å². The molecule has 1 atom stereocenters. The first-order valence-corrected chi connectivity index (χ1v) is 10.3. The summed E-state index contributed by atoms with van der Waals surface area (Å²) in [6.45, 7) is 1.11. The Bertz CT molecular complexity index is 1310. The molecular weight excluding hydrogens is 421 g/mol. The summed E-state index contributed by atoms with van der Waals surface area (Å²) in [6, 6.07) is 11.5. The second-order valence-electron chi connectivity index (χ2n) is 8.08. The monoisotopic (exact) mass is 442 g/mol. The zero-order valence-corrected chi connectivity index (χ0v) is 17.3. The summed E-state index contributed by atoms with van der Waals surface area (Å²) >= 11 is 0. The van der Waals surface area contributed by atoms with E-state index in [0.29, 0.717) is 30.0 Å². The van der Waals surface area contributed by atoms with Gasteiger partial charge in [0, 0.05) is 41.7 Å². The van der Waals surface area contributed by atoms with Crippen LogP contribution in [0.3, 0.4) is 0 Å². The van der Waals surface area contributed by atoms with Crippen molar-refractivity contribution in [3.8, 4) is 5.75 Å². The molecule has 1 aromatic carbocycles. The zero-order chi connectivity index (χ0) is 22.5. The summed E-state index contributed by atoms with van der Waals surface area (Å²) in [7, 11) is 1.59. The maximum Gasteiger partial charge on any atom is 0.433 e. The summed E-state index contributed by atoms with van der Waals surface area (Å²) in [5.41, 5.74) is 2.05. The van der Waals surface area contributed by atoms with Gasteiger partial charge in [-0.3, -0.25) is 4.79 Å². The average molecular weight is 442 g/mol. The van der Waals surface area contributed by atoms with Crippen LogP contribution in [0.1, 0.15) is 40.6 Å². The molecule has 3 aromatic heterocycles. The molecule has 1 saturated heterocycles. The van der Waals surface area contributed by atoms with Crippen molar-refractivity contribution in [2.75, 3.05) is 20.2 Å². The quantitative estimate of drug-likeness (QED) is 0.464. The highest BCUT2D eigenvalue weighted by atomic mass is 19.4. The molecule has 0 aliphatic carbocycles. The first-order valence-electron chi connectivity index (χ1n) is 10.3. The lowest BCUT2D eigenvalue weighted by Gasteiger charge is -2.32. The van der Waals surface area contributed by atoms with Gasteiger partial charge in [-0.2, -0.15) is 13.2 Å². The minimum Gasteiger partial charge on any atom is -0.497 e. The number of likely N-dealkylation sites (tertiary alicyclic amines) is 1. The fourth-order valence-electron chi connectivity index (χ4n) is 4.34. The van der Waals surface area contributed by atoms with Crippen LogP contribution in [0.15, 0.2) is 42.5 Å². The van der Waals surface area contributed by atoms with Gasteiger partial charge in [0.1, 0.15) is 17.1 Å². The van der Waals surface area contributed by atoms with E-state index in [1.165, 1.54) is 6.07 Å². The third-order valence-electron chi connectivity index (χ3n) is 5.99. The fourth-order valence-corrected chi connectivity index (χ4v) is 4.34. The number of aromatic amines is 2. The van der Waals surface area contributed by atoms with E-state index in [4.69, 9.17) is 4.74 Å². The molecule has 0 saturated carbocycles. The van der Waals surface area contributed by atoms with Gasteiger partial charge in [-0.1, -0.05) is 0 Å². The van der Waals surface area contributed by atoms with Crippen LogP contribution in [0.5, 0.6) is 5.75 Å². The predicted octanol–water partition coefficient (Wildman–Crippen LogP) is 5.09. The summed E-state index contributed by atoms with van der Waals surface area (Å²) in [5.74, 6) is 0.608. The van der Waals surface area contributed by atoms with Gasteiger partial charge >= 0.3 is 6.18 Å². The van der Waals surface area contributed by atoms with Crippen molar-refractivity contribution in [2.45, 2.75) is 24.9 Å². The number of ether oxygens (including phenoxy) is 1. The number of fused-ring (bicyclic) bond motifs is 2. The molecule has 2 N–H and O–H groups in total. The van der Waals surface area contributed by atoms with E-state index in [-0.39, 0.29) is 17.3 Å². The van der Waals surface area contributed by atoms with Crippen molar-refractivity contribution in [1.29, 1.82) is 0 Å². The molecule has 0 radical (unpaired) electrons. The number of alkyl halides is 3. The number of carbonyl (C=O) groups excluding carboxylic acids is 1. The van der Waals surface area contributed by atoms with Crippen LogP contribution in [0, 0.1) is 0 Å². The number of aromatic nitrogens is 3. The zero-order valence-electron chi connectivity index (χ0n) is 17.3. The number of piperidine rings is 1. The first-order chi connectivity index (χ1) is 15.3. The second-order valence-corrected chi connectivity index (χ2v) is 8.08. The molecule has 0 unspecified atom stereocenters. The highest BCUT2D eigenvalue weighted by molar-refractivity contribution is 5.98. The van der Waals surface area contributed by atoms with E-state index in [1.807, 2.05) is 24.3 Å². The van der Waals surface area contributed by atoms with E-state index in [1.54, 1.807) is 18.1 Å². The molecule has 1 aliphatic heterocycles. The number of amides is 1. The Morgan fingerprint density at radius 3 is 2.75 bits per heavy atom. The summed E-state index contributed by atoms with van der Waals surface area (Å²) in [4.78, 5) is 25.0. The average Bonchev–Trinajstić information content (AvgIpc) is 3.41. The highest BCUT2D eigenvalue weighted by Gasteiger charge is 2.33. The van der Waals surface area contributed by atoms with Gasteiger partial charge in [0.05, 0.1) is 18.1 Å². The third-order valence-corrected chi connectivity index (χ3v) is 5.99. The van der Waals surface area contributed by atoms with Crippen LogP contribution in [0.2, 0.25) is 0 Å². The van der Waals surface area contributed by atoms with Gasteiger partial charge in [0.25, 0.3) is 5.91 Å². The normalized spacial score (nSPS) is 17.2. The van der Waals surface area contributed by atoms with Crippen LogP contribution in [-0.2, 0) is 6.18 Å². The maximum absolute atomic E-state index is 13.1. The molecule has 5 rings (SSSR count). The Morgan fingerprint density at radius 2 is 1.97 bits per heavy atom. The smallest absolute Gasteiger partial charge is 0.433 e. The Balaban J connectivity index is 1.37. The molecule has 4 aromatic rings. The van der Waals surface area contributed by atoms with Gasteiger partial charge in [-0.05, 0) is 49.2 Å². The van der Waals surface area contributed by atoms with Crippen LogP contribution in [0.4, 0.5) is 13.2 Å². The van der Waals surface area contributed by atoms with Gasteiger partial charge in [-0.15, -0.1) is 0 Å². The van der Waals surface area contributed by atoms with Crippen molar-refractivity contribution in [3.05, 3.63) is 59.5 Å². The molecule has 1 fully saturated rings. The number of rotatable bonds is 3. The van der Waals surface area contributed by atoms with Gasteiger partial charge in [-0.25, -0.2) is 4.98 Å². The second kappa shape index (κ2) is 7.58. The number of nitrogens with one attached hydrogen (secondary N) is 2. The molecule has 0 bridgehead atoms. The van der Waals surface area contributed by atoms with E-state index in [9.17, 15) is 18.0 Å². The minimum atomic E-state index is -4.48. The van der Waals surface area contributed by atoms with Gasteiger partial charge in [0.2, 0.25) is 0 Å². The molecule has 1 amide bonds. The number of carbonyl (C=O) groups is 1. The molecule has 6 nitrogen and oxygen atoms in total. The first kappa shape index (κ1) is 20.4. The third kappa shape index (κ3) is 3.68. The topological polar surface area (TPSA) is 74.0 Å². The number of H-pyrrole nitrogens is 2. The molecule has 166 valence electrons. The molecule has 1 aliphatic rings. The minimum absolute atomic E-state index is 0.000657. The van der Waals surface area contributed by atoms with E-state index < -0.39 is 11.9 Å². The molecule has 9 heteroatoms. The molecule has 32 heavy (non-hydrogen) atoms. The molecule has 0 spiro atoms. The number of hydrogen-bond acceptors (Lipinski definition) is 3. The lowest BCUT2D eigenvalue weighted by molar-refractivity contribution is -0.140. The van der Waals surface area contributed by atoms with Gasteiger partial charge < -0.3 is 19.6 Å². The van der Waals surface area contributed by atoms with E-state index in [0.717, 1.165) is 35.5 Å². The number of hydrogen-bond donors (Lipinski definition) is 2. The van der Waals surface area contributed by atoms with Crippen LogP contribution in [0.25, 0.3) is 21.9 Å². The van der Waals surface area contributed by atoms with E-state index in [2.05, 4.69) is 15.0 Å². The summed E-state index contributed by atoms with van der Waals surface area (Å²) in [6.07, 6.45) is -2.84. The SMILES string of the molecule is COc1ccc2cc(C(=O)N3CCC[C@@H](c4cc5nc(C(F)(F)F)ccc5[nH]4)C3)[nH]c2c1. The van der Waals surface area contributed by atoms with Crippen LogP contribution in [-0.4, -0.2) is 46.0 Å². The van der Waals surface area contributed by atoms with Crippen molar-refractivity contribution < 1.29 is 22.7 Å². The summed E-state index contributed by atoms with van der Waals surface area (Å²) in [5, 5.41) is 0.921. The largest absolute Gasteiger partial charge is 0.497 e. The number of benzene rings is 1. The lowest BCUT2D eigenvalue weighted by Crippen LogP contribution is -2.39.